The predicted molar refractivity (Wildman–Crippen MR) is 126 cm³/mol. The van der Waals surface area contributed by atoms with Crippen molar-refractivity contribution in [2.45, 2.75) is 52.1 Å². The van der Waals surface area contributed by atoms with E-state index in [0.29, 0.717) is 6.42 Å². The van der Waals surface area contributed by atoms with Crippen LogP contribution in [0, 0.1) is 5.92 Å². The molecule has 1 unspecified atom stereocenters. The van der Waals surface area contributed by atoms with Crippen LogP contribution in [0.5, 0.6) is 0 Å². The number of amides is 2. The minimum absolute atomic E-state index is 0.0833. The van der Waals surface area contributed by atoms with Gasteiger partial charge in [0, 0.05) is 12.0 Å². The van der Waals surface area contributed by atoms with E-state index in [4.69, 9.17) is 4.74 Å². The first-order valence-electron chi connectivity index (χ1n) is 11.4. The van der Waals surface area contributed by atoms with E-state index in [1.807, 2.05) is 50.2 Å². The number of carbonyl (C=O) groups excluding carboxylic acids is 2. The average Bonchev–Trinajstić information content (AvgIpc) is 3.12. The Labute approximate surface area is 194 Å². The summed E-state index contributed by atoms with van der Waals surface area (Å²) in [4.78, 5) is 38.4. The van der Waals surface area contributed by atoms with Crippen molar-refractivity contribution >= 4 is 18.0 Å². The van der Waals surface area contributed by atoms with E-state index in [9.17, 15) is 19.5 Å². The van der Waals surface area contributed by atoms with Gasteiger partial charge in [-0.3, -0.25) is 9.59 Å². The maximum Gasteiger partial charge on any atom is 0.407 e. The van der Waals surface area contributed by atoms with Crippen LogP contribution in [0.2, 0.25) is 0 Å². The van der Waals surface area contributed by atoms with E-state index in [-0.39, 0.29) is 24.5 Å². The number of carboxylic acid groups (broad SMARTS) is 1. The number of carboxylic acids is 1. The fourth-order valence-electron chi connectivity index (χ4n) is 4.29. The van der Waals surface area contributed by atoms with Crippen molar-refractivity contribution < 1.29 is 24.2 Å². The van der Waals surface area contributed by atoms with E-state index >= 15 is 0 Å². The van der Waals surface area contributed by atoms with E-state index < -0.39 is 30.6 Å². The maximum atomic E-state index is 13.1. The Morgan fingerprint density at radius 3 is 2.03 bits per heavy atom. The second kappa shape index (κ2) is 10.5. The van der Waals surface area contributed by atoms with Crippen LogP contribution in [0.4, 0.5) is 4.79 Å². The van der Waals surface area contributed by atoms with Crippen molar-refractivity contribution in [1.82, 2.24) is 10.2 Å². The van der Waals surface area contributed by atoms with Gasteiger partial charge in [-0.1, -0.05) is 68.8 Å². The Balaban J connectivity index is 1.73. The number of aliphatic carboxylic acids is 1. The summed E-state index contributed by atoms with van der Waals surface area (Å²) in [5, 5.41) is 11.9. The molecule has 2 atom stereocenters. The number of ether oxygens (including phenoxy) is 1. The van der Waals surface area contributed by atoms with Crippen LogP contribution in [0.1, 0.15) is 51.2 Å². The Morgan fingerprint density at radius 2 is 1.55 bits per heavy atom. The molecule has 0 bridgehead atoms. The third-order valence-corrected chi connectivity index (χ3v) is 6.31. The molecule has 2 aromatic rings. The van der Waals surface area contributed by atoms with Gasteiger partial charge in [-0.05, 0) is 42.0 Å². The van der Waals surface area contributed by atoms with Crippen molar-refractivity contribution in [2.75, 3.05) is 13.2 Å². The molecule has 1 aliphatic carbocycles. The highest BCUT2D eigenvalue weighted by Crippen LogP contribution is 2.44. The maximum absolute atomic E-state index is 13.1. The fraction of sp³-hybridized carbons (Fsp3) is 0.423. The SMILES string of the molecule is CCC(C)[C@H](NC(=O)OCC1c2ccccc2-c2ccccc21)C(=O)N(CC(=O)O)C(C)C. The number of alkyl carbamates (subject to hydrolysis) is 1. The summed E-state index contributed by atoms with van der Waals surface area (Å²) in [5.41, 5.74) is 4.48. The number of fused-ring (bicyclic) bond motifs is 3. The fourth-order valence-corrected chi connectivity index (χ4v) is 4.29. The zero-order valence-corrected chi connectivity index (χ0v) is 19.6. The summed E-state index contributed by atoms with van der Waals surface area (Å²) >= 11 is 0. The van der Waals surface area contributed by atoms with Gasteiger partial charge in [0.25, 0.3) is 0 Å². The second-order valence-electron chi connectivity index (χ2n) is 8.79. The summed E-state index contributed by atoms with van der Waals surface area (Å²) in [5.74, 6) is -1.79. The summed E-state index contributed by atoms with van der Waals surface area (Å²) in [6, 6.07) is 15.0. The number of rotatable bonds is 9. The highest BCUT2D eigenvalue weighted by Gasteiger charge is 2.34. The molecule has 7 nitrogen and oxygen atoms in total. The smallest absolute Gasteiger partial charge is 0.407 e. The molecule has 0 fully saturated rings. The predicted octanol–water partition coefficient (Wildman–Crippen LogP) is 4.26. The molecular formula is C26H32N2O5. The summed E-state index contributed by atoms with van der Waals surface area (Å²) in [6.45, 7) is 7.00. The zero-order chi connectivity index (χ0) is 24.1. The third kappa shape index (κ3) is 5.35. The number of benzene rings is 2. The molecule has 33 heavy (non-hydrogen) atoms. The first-order chi connectivity index (χ1) is 15.7. The molecule has 2 amide bonds. The van der Waals surface area contributed by atoms with Crippen molar-refractivity contribution in [2.24, 2.45) is 5.92 Å². The van der Waals surface area contributed by atoms with Gasteiger partial charge in [0.05, 0.1) is 0 Å². The van der Waals surface area contributed by atoms with Gasteiger partial charge in [-0.15, -0.1) is 0 Å². The van der Waals surface area contributed by atoms with Crippen LogP contribution in [0.25, 0.3) is 11.1 Å². The first kappa shape index (κ1) is 24.3. The lowest BCUT2D eigenvalue weighted by Gasteiger charge is -2.32. The molecule has 3 rings (SSSR count). The van der Waals surface area contributed by atoms with Gasteiger partial charge in [0.1, 0.15) is 19.2 Å². The number of hydrogen-bond acceptors (Lipinski definition) is 4. The molecule has 1 aliphatic rings. The van der Waals surface area contributed by atoms with Crippen LogP contribution in [-0.4, -0.2) is 53.2 Å². The standard InChI is InChI=1S/C26H32N2O5/c1-5-17(4)24(25(31)28(16(2)3)14-23(29)30)27-26(32)33-15-22-20-12-8-6-10-18(20)19-11-7-9-13-21(19)22/h6-13,16-17,22,24H,5,14-15H2,1-4H3,(H,27,32)(H,29,30)/t17?,24-/m0/s1. The van der Waals surface area contributed by atoms with Crippen LogP contribution >= 0.6 is 0 Å². The quantitative estimate of drug-likeness (QED) is 0.593. The largest absolute Gasteiger partial charge is 0.480 e. The molecule has 0 radical (unpaired) electrons. The Kier molecular flexibility index (Phi) is 7.74. The van der Waals surface area contributed by atoms with Crippen LogP contribution in [0.3, 0.4) is 0 Å². The molecule has 0 saturated heterocycles. The van der Waals surface area contributed by atoms with Gasteiger partial charge in [0.15, 0.2) is 0 Å². The van der Waals surface area contributed by atoms with Crippen molar-refractivity contribution in [3.8, 4) is 11.1 Å². The van der Waals surface area contributed by atoms with E-state index in [2.05, 4.69) is 17.4 Å². The van der Waals surface area contributed by atoms with Crippen LogP contribution < -0.4 is 5.32 Å². The Morgan fingerprint density at radius 1 is 1.00 bits per heavy atom. The van der Waals surface area contributed by atoms with Crippen molar-refractivity contribution in [3.05, 3.63) is 59.7 Å². The topological polar surface area (TPSA) is 95.9 Å². The number of carbonyl (C=O) groups is 3. The third-order valence-electron chi connectivity index (χ3n) is 6.31. The molecule has 176 valence electrons. The molecule has 2 N–H and O–H groups in total. The van der Waals surface area contributed by atoms with Crippen LogP contribution in [0.15, 0.2) is 48.5 Å². The van der Waals surface area contributed by atoms with E-state index in [0.717, 1.165) is 22.3 Å². The summed E-state index contributed by atoms with van der Waals surface area (Å²) < 4.78 is 5.60. The second-order valence-corrected chi connectivity index (χ2v) is 8.79. The van der Waals surface area contributed by atoms with E-state index in [1.165, 1.54) is 4.90 Å². The summed E-state index contributed by atoms with van der Waals surface area (Å²) in [7, 11) is 0. The summed E-state index contributed by atoms with van der Waals surface area (Å²) in [6.07, 6.45) is -0.0476. The molecule has 7 heteroatoms. The van der Waals surface area contributed by atoms with Gasteiger partial charge in [-0.25, -0.2) is 4.79 Å². The van der Waals surface area contributed by atoms with Crippen molar-refractivity contribution in [3.63, 3.8) is 0 Å². The molecule has 0 spiro atoms. The van der Waals surface area contributed by atoms with Gasteiger partial charge in [0.2, 0.25) is 5.91 Å². The lowest BCUT2D eigenvalue weighted by molar-refractivity contribution is -0.147. The molecular weight excluding hydrogens is 420 g/mol. The van der Waals surface area contributed by atoms with Gasteiger partial charge in [-0.2, -0.15) is 0 Å². The number of nitrogens with zero attached hydrogens (tertiary/aromatic N) is 1. The minimum Gasteiger partial charge on any atom is -0.480 e. The van der Waals surface area contributed by atoms with Crippen LogP contribution in [-0.2, 0) is 14.3 Å². The number of hydrogen-bond donors (Lipinski definition) is 2. The monoisotopic (exact) mass is 452 g/mol. The highest BCUT2D eigenvalue weighted by molar-refractivity contribution is 5.88. The molecule has 0 aliphatic heterocycles. The minimum atomic E-state index is -1.10. The Hall–Kier alpha value is -3.35. The average molecular weight is 453 g/mol. The lowest BCUT2D eigenvalue weighted by atomic mass is 9.97. The first-order valence-corrected chi connectivity index (χ1v) is 11.4. The zero-order valence-electron chi connectivity index (χ0n) is 19.6. The molecule has 0 aromatic heterocycles. The van der Waals surface area contributed by atoms with Crippen molar-refractivity contribution in [1.29, 1.82) is 0 Å². The molecule has 0 heterocycles. The highest BCUT2D eigenvalue weighted by atomic mass is 16.5. The molecule has 0 saturated carbocycles. The normalized spacial score (nSPS) is 14.2. The Bertz CT molecular complexity index is 974. The van der Waals surface area contributed by atoms with Gasteiger partial charge < -0.3 is 20.1 Å². The lowest BCUT2D eigenvalue weighted by Crippen LogP contribution is -2.54. The van der Waals surface area contributed by atoms with Gasteiger partial charge >= 0.3 is 12.1 Å². The van der Waals surface area contributed by atoms with E-state index in [1.54, 1.807) is 13.8 Å². The molecule has 2 aromatic carbocycles. The number of nitrogens with one attached hydrogen (secondary N) is 1.